The van der Waals surface area contributed by atoms with E-state index in [1.54, 1.807) is 30.6 Å². The van der Waals surface area contributed by atoms with Crippen molar-refractivity contribution in [3.8, 4) is 11.6 Å². The number of nitrogens with one attached hydrogen (secondary N) is 1. The zero-order chi connectivity index (χ0) is 11.5. The molecule has 0 amide bonds. The molecule has 81 valence electrons. The van der Waals surface area contributed by atoms with Gasteiger partial charge in [0.15, 0.2) is 0 Å². The Balaban J connectivity index is 2.31. The van der Waals surface area contributed by atoms with E-state index in [0.29, 0.717) is 17.3 Å². The molecule has 2 rings (SSSR count). The van der Waals surface area contributed by atoms with E-state index in [9.17, 15) is 0 Å². The molecule has 0 atom stereocenters. The van der Waals surface area contributed by atoms with Gasteiger partial charge in [0.2, 0.25) is 5.88 Å². The number of rotatable bonds is 2. The Morgan fingerprint density at radius 2 is 1.88 bits per heavy atom. The van der Waals surface area contributed by atoms with Gasteiger partial charge in [-0.3, -0.25) is 4.98 Å². The first-order valence-corrected chi connectivity index (χ1v) is 4.94. The van der Waals surface area contributed by atoms with Crippen molar-refractivity contribution < 1.29 is 4.74 Å². The van der Waals surface area contributed by atoms with E-state index in [1.165, 1.54) is 0 Å². The molecule has 1 aromatic carbocycles. The molecule has 4 heteroatoms. The third-order valence-electron chi connectivity index (χ3n) is 2.22. The topological polar surface area (TPSA) is 58.8 Å². The Hall–Kier alpha value is -2.10. The molecule has 1 aromatic heterocycles. The molecule has 0 saturated carbocycles. The van der Waals surface area contributed by atoms with E-state index < -0.39 is 0 Å². The second kappa shape index (κ2) is 4.18. The lowest BCUT2D eigenvalue weighted by Gasteiger charge is -2.09. The Labute approximate surface area is 94.1 Å². The summed E-state index contributed by atoms with van der Waals surface area (Å²) in [5.41, 5.74) is 9.61. The van der Waals surface area contributed by atoms with Gasteiger partial charge < -0.3 is 10.5 Å². The van der Waals surface area contributed by atoms with Gasteiger partial charge >= 0.3 is 0 Å². The highest BCUT2D eigenvalue weighted by atomic mass is 16.5. The normalized spacial score (nSPS) is 10.1. The van der Waals surface area contributed by atoms with Gasteiger partial charge in [-0.05, 0) is 37.6 Å². The third-order valence-corrected chi connectivity index (χ3v) is 2.22. The first-order valence-electron chi connectivity index (χ1n) is 4.94. The van der Waals surface area contributed by atoms with Crippen molar-refractivity contribution in [2.45, 2.75) is 13.8 Å². The summed E-state index contributed by atoms with van der Waals surface area (Å²) >= 11 is 0. The van der Waals surface area contributed by atoms with E-state index in [-0.39, 0.29) is 0 Å². The smallest absolute Gasteiger partial charge is 0.240 e. The van der Waals surface area contributed by atoms with Crippen LogP contribution in [0.15, 0.2) is 30.6 Å². The predicted molar refractivity (Wildman–Crippen MR) is 60.8 cm³/mol. The van der Waals surface area contributed by atoms with E-state index in [2.05, 4.69) is 9.97 Å². The third kappa shape index (κ3) is 2.11. The van der Waals surface area contributed by atoms with E-state index >= 15 is 0 Å². The molecule has 0 spiro atoms. The second-order valence-corrected chi connectivity index (χ2v) is 3.53. The highest BCUT2D eigenvalue weighted by molar-refractivity contribution is 5.46. The van der Waals surface area contributed by atoms with Crippen LogP contribution in [-0.4, -0.2) is 9.97 Å². The summed E-state index contributed by atoms with van der Waals surface area (Å²) in [4.78, 5) is 8.20. The number of hydrogen-bond donors (Lipinski definition) is 0. The molecule has 0 aliphatic rings. The average Bonchev–Trinajstić information content (AvgIpc) is 2.25. The zero-order valence-corrected chi connectivity index (χ0v) is 9.19. The van der Waals surface area contributed by atoms with Crippen LogP contribution in [0.4, 0.5) is 5.69 Å². The molecule has 2 aromatic rings. The Bertz CT molecular complexity index is 511. The number of hydrogen-bond acceptors (Lipinski definition) is 3. The fourth-order valence-corrected chi connectivity index (χ4v) is 1.36. The summed E-state index contributed by atoms with van der Waals surface area (Å²) in [5, 5.41) is 0. The van der Waals surface area contributed by atoms with Gasteiger partial charge in [-0.15, -0.1) is 0 Å². The summed E-state index contributed by atoms with van der Waals surface area (Å²) in [6.45, 7) is 3.75. The number of aromatic nitrogens is 2. The minimum absolute atomic E-state index is 0.473. The molecule has 16 heavy (non-hydrogen) atoms. The van der Waals surface area contributed by atoms with Gasteiger partial charge in [-0.1, -0.05) is 0 Å². The minimum Gasteiger partial charge on any atom is -0.437 e. The fraction of sp³-hybridized carbons (Fsp3) is 0.167. The zero-order valence-electron chi connectivity index (χ0n) is 9.19. The Morgan fingerprint density at radius 3 is 2.56 bits per heavy atom. The molecular formula is C12H12N3O. The minimum atomic E-state index is 0.473. The van der Waals surface area contributed by atoms with Crippen LogP contribution < -0.4 is 10.5 Å². The molecule has 4 nitrogen and oxygen atoms in total. The molecular weight excluding hydrogens is 202 g/mol. The molecule has 1 heterocycles. The van der Waals surface area contributed by atoms with Crippen LogP contribution in [0.25, 0.3) is 0 Å². The number of nitrogens with zero attached hydrogens (tertiary/aromatic N) is 2. The quantitative estimate of drug-likeness (QED) is 0.772. The summed E-state index contributed by atoms with van der Waals surface area (Å²) < 4.78 is 5.64. The van der Waals surface area contributed by atoms with E-state index in [4.69, 9.17) is 10.5 Å². The lowest BCUT2D eigenvalue weighted by atomic mass is 10.2. The van der Waals surface area contributed by atoms with Crippen molar-refractivity contribution in [1.29, 1.82) is 0 Å². The number of aryl methyl sites for hydroxylation is 2. The van der Waals surface area contributed by atoms with Gasteiger partial charge in [-0.25, -0.2) is 4.98 Å². The molecule has 0 saturated heterocycles. The van der Waals surface area contributed by atoms with Gasteiger partial charge in [-0.2, -0.15) is 0 Å². The molecule has 0 bridgehead atoms. The maximum atomic E-state index is 7.47. The van der Waals surface area contributed by atoms with Crippen molar-refractivity contribution in [2.24, 2.45) is 0 Å². The molecule has 0 aliphatic heterocycles. The highest BCUT2D eigenvalue weighted by Gasteiger charge is 2.05. The Morgan fingerprint density at radius 1 is 1.12 bits per heavy atom. The van der Waals surface area contributed by atoms with E-state index in [0.717, 1.165) is 11.3 Å². The molecule has 1 N–H and O–H groups in total. The summed E-state index contributed by atoms with van der Waals surface area (Å²) in [7, 11) is 0. The van der Waals surface area contributed by atoms with Gasteiger partial charge in [0.1, 0.15) is 5.75 Å². The van der Waals surface area contributed by atoms with Crippen molar-refractivity contribution >= 4 is 5.69 Å². The van der Waals surface area contributed by atoms with Crippen LogP contribution >= 0.6 is 0 Å². The van der Waals surface area contributed by atoms with Crippen molar-refractivity contribution in [2.75, 3.05) is 0 Å². The standard InChI is InChI=1S/C12H12N3O/c1-8-7-10(13)3-4-11(8)16-12-9(2)14-5-6-15-12/h3-7,13H,1-2H3. The molecule has 0 fully saturated rings. The monoisotopic (exact) mass is 214 g/mol. The van der Waals surface area contributed by atoms with E-state index in [1.807, 2.05) is 13.8 Å². The largest absolute Gasteiger partial charge is 0.437 e. The van der Waals surface area contributed by atoms with Gasteiger partial charge in [0.25, 0.3) is 0 Å². The lowest BCUT2D eigenvalue weighted by molar-refractivity contribution is 0.452. The molecule has 0 aliphatic carbocycles. The van der Waals surface area contributed by atoms with Crippen LogP contribution in [0, 0.1) is 13.8 Å². The van der Waals surface area contributed by atoms with Gasteiger partial charge in [0.05, 0.1) is 11.4 Å². The maximum Gasteiger partial charge on any atom is 0.240 e. The van der Waals surface area contributed by atoms with Gasteiger partial charge in [0, 0.05) is 12.4 Å². The maximum absolute atomic E-state index is 7.47. The van der Waals surface area contributed by atoms with Crippen LogP contribution in [0.5, 0.6) is 11.6 Å². The first kappa shape index (κ1) is 10.4. The molecule has 1 radical (unpaired) electrons. The van der Waals surface area contributed by atoms with Crippen LogP contribution in [0.2, 0.25) is 0 Å². The van der Waals surface area contributed by atoms with Crippen LogP contribution in [-0.2, 0) is 0 Å². The number of ether oxygens (including phenoxy) is 1. The predicted octanol–water partition coefficient (Wildman–Crippen LogP) is 2.80. The average molecular weight is 214 g/mol. The summed E-state index contributed by atoms with van der Waals surface area (Å²) in [5.74, 6) is 1.21. The summed E-state index contributed by atoms with van der Waals surface area (Å²) in [6.07, 6.45) is 3.22. The van der Waals surface area contributed by atoms with Crippen molar-refractivity contribution in [3.63, 3.8) is 0 Å². The van der Waals surface area contributed by atoms with Crippen molar-refractivity contribution in [3.05, 3.63) is 41.9 Å². The fourth-order valence-electron chi connectivity index (χ4n) is 1.36. The van der Waals surface area contributed by atoms with Crippen molar-refractivity contribution in [1.82, 2.24) is 15.7 Å². The Kier molecular flexibility index (Phi) is 2.72. The highest BCUT2D eigenvalue weighted by Crippen LogP contribution is 2.26. The second-order valence-electron chi connectivity index (χ2n) is 3.53. The first-order chi connectivity index (χ1) is 7.66. The van der Waals surface area contributed by atoms with Crippen LogP contribution in [0.3, 0.4) is 0 Å². The SMILES string of the molecule is Cc1cc([NH])ccc1Oc1nccnc1C. The summed E-state index contributed by atoms with van der Waals surface area (Å²) in [6, 6.07) is 5.21. The number of benzene rings is 1. The van der Waals surface area contributed by atoms with Crippen LogP contribution in [0.1, 0.15) is 11.3 Å². The lowest BCUT2D eigenvalue weighted by Crippen LogP contribution is -1.94. The molecule has 0 unspecified atom stereocenters.